The Kier molecular flexibility index (Phi) is 0.941. The number of anilines is 1. The first-order valence-corrected chi connectivity index (χ1v) is 2.74. The van der Waals surface area contributed by atoms with Crippen molar-refractivity contribution < 1.29 is 4.68 Å². The van der Waals surface area contributed by atoms with Gasteiger partial charge in [0.25, 0.3) is 0 Å². The van der Waals surface area contributed by atoms with Gasteiger partial charge in [-0.3, -0.25) is 5.73 Å². The number of nitrogen functional groups attached to an aromatic ring is 1. The average molecular weight is 116 g/mol. The van der Waals surface area contributed by atoms with E-state index in [-0.39, 0.29) is 0 Å². The van der Waals surface area contributed by atoms with Gasteiger partial charge in [0.15, 0.2) is 0 Å². The van der Waals surface area contributed by atoms with E-state index in [9.17, 15) is 0 Å². The fourth-order valence-electron chi connectivity index (χ4n) is 0.281. The molecule has 0 aliphatic heterocycles. The maximum Gasteiger partial charge on any atom is 0.353 e. The Morgan fingerprint density at radius 3 is 2.86 bits per heavy atom. The van der Waals surface area contributed by atoms with Crippen molar-refractivity contribution in [1.82, 2.24) is 5.10 Å². The Balaban J connectivity index is 3.12. The van der Waals surface area contributed by atoms with Gasteiger partial charge >= 0.3 is 5.13 Å². The summed E-state index contributed by atoms with van der Waals surface area (Å²) in [6.07, 6.45) is 0. The topological polar surface area (TPSA) is 42.8 Å². The predicted octanol–water partition coefficient (Wildman–Crippen LogP) is -0.450. The third kappa shape index (κ3) is 0.691. The lowest BCUT2D eigenvalue weighted by molar-refractivity contribution is -0.712. The fourth-order valence-corrected chi connectivity index (χ4v) is 0.778. The van der Waals surface area contributed by atoms with Crippen molar-refractivity contribution in [2.45, 2.75) is 0 Å². The van der Waals surface area contributed by atoms with Crippen LogP contribution in [0.3, 0.4) is 0 Å². The predicted molar refractivity (Wildman–Crippen MR) is 27.7 cm³/mol. The molecule has 3 nitrogen and oxygen atoms in total. The number of aryl methyl sites for hydroxylation is 1. The second kappa shape index (κ2) is 1.46. The van der Waals surface area contributed by atoms with Crippen LogP contribution < -0.4 is 10.4 Å². The molecule has 1 aromatic rings. The van der Waals surface area contributed by atoms with E-state index in [2.05, 4.69) is 5.10 Å². The van der Waals surface area contributed by atoms with Crippen LogP contribution in [0, 0.1) is 0 Å². The molecule has 0 aromatic carbocycles. The molecule has 0 amide bonds. The highest BCUT2D eigenvalue weighted by atomic mass is 32.1. The molecule has 0 unspecified atom stereocenters. The van der Waals surface area contributed by atoms with E-state index >= 15 is 0 Å². The second-order valence-corrected chi connectivity index (χ2v) is 2.07. The van der Waals surface area contributed by atoms with E-state index in [4.69, 9.17) is 5.73 Å². The molecule has 1 heterocycles. The molecule has 0 aliphatic rings. The lowest BCUT2D eigenvalue weighted by Crippen LogP contribution is -2.32. The molecular formula is C3H6N3S+. The van der Waals surface area contributed by atoms with Gasteiger partial charge in [-0.15, -0.1) is 4.68 Å². The molecule has 7 heavy (non-hydrogen) atoms. The van der Waals surface area contributed by atoms with Crippen molar-refractivity contribution in [2.75, 3.05) is 5.73 Å². The van der Waals surface area contributed by atoms with Crippen LogP contribution in [0.25, 0.3) is 0 Å². The lowest BCUT2D eigenvalue weighted by atomic mass is 11.2. The summed E-state index contributed by atoms with van der Waals surface area (Å²) < 4.78 is 1.63. The average Bonchev–Trinajstić information content (AvgIpc) is 1.91. The monoisotopic (exact) mass is 116 g/mol. The molecule has 1 rings (SSSR count). The third-order valence-corrected chi connectivity index (χ3v) is 1.42. The zero-order valence-corrected chi connectivity index (χ0v) is 4.77. The van der Waals surface area contributed by atoms with Crippen molar-refractivity contribution in [1.29, 1.82) is 0 Å². The van der Waals surface area contributed by atoms with Crippen LogP contribution in [-0.2, 0) is 7.05 Å². The minimum atomic E-state index is 0.736. The van der Waals surface area contributed by atoms with Gasteiger partial charge < -0.3 is 0 Å². The summed E-state index contributed by atoms with van der Waals surface area (Å²) in [6.45, 7) is 0. The largest absolute Gasteiger partial charge is 0.353 e. The van der Waals surface area contributed by atoms with Gasteiger partial charge in [-0.1, -0.05) is 5.10 Å². The molecule has 1 aromatic heterocycles. The summed E-state index contributed by atoms with van der Waals surface area (Å²) in [5, 5.41) is 4.56. The first kappa shape index (κ1) is 4.52. The van der Waals surface area contributed by atoms with Crippen molar-refractivity contribution in [3.63, 3.8) is 0 Å². The lowest BCUT2D eigenvalue weighted by Gasteiger charge is -1.74. The Bertz CT molecular complexity index is 142. The highest BCUT2D eigenvalue weighted by Gasteiger charge is 1.96. The number of hydrogen-bond donors (Lipinski definition) is 1. The van der Waals surface area contributed by atoms with Gasteiger partial charge in [0, 0.05) is 0 Å². The first-order chi connectivity index (χ1) is 3.30. The normalized spacial score (nSPS) is 9.29. The van der Waals surface area contributed by atoms with Gasteiger partial charge in [-0.25, -0.2) is 0 Å². The maximum absolute atomic E-state index is 5.36. The molecule has 4 heteroatoms. The van der Waals surface area contributed by atoms with Gasteiger partial charge in [-0.05, 0) is 11.3 Å². The first-order valence-electron chi connectivity index (χ1n) is 1.86. The summed E-state index contributed by atoms with van der Waals surface area (Å²) in [6, 6.07) is 0. The number of nitrogens with zero attached hydrogens (tertiary/aromatic N) is 2. The van der Waals surface area contributed by atoms with E-state index in [1.54, 1.807) is 10.2 Å². The highest BCUT2D eigenvalue weighted by Crippen LogP contribution is 1.96. The standard InChI is InChI=1S/C3H5N3S/c1-6-3(4)7-2-5-6/h2,4H,1H3/p+1. The van der Waals surface area contributed by atoms with Crippen molar-refractivity contribution in [3.8, 4) is 0 Å². The summed E-state index contributed by atoms with van der Waals surface area (Å²) in [7, 11) is 1.81. The number of aromatic nitrogens is 2. The van der Waals surface area contributed by atoms with E-state index in [0.29, 0.717) is 0 Å². The molecule has 0 fully saturated rings. The zero-order valence-electron chi connectivity index (χ0n) is 3.96. The van der Waals surface area contributed by atoms with Crippen molar-refractivity contribution in [3.05, 3.63) is 5.51 Å². The number of nitrogens with two attached hydrogens (primary N) is 1. The van der Waals surface area contributed by atoms with Crippen LogP contribution in [0.15, 0.2) is 5.51 Å². The van der Waals surface area contributed by atoms with Gasteiger partial charge in [0.05, 0.1) is 0 Å². The zero-order chi connectivity index (χ0) is 5.28. The smallest absolute Gasteiger partial charge is 0.276 e. The number of rotatable bonds is 0. The summed E-state index contributed by atoms with van der Waals surface area (Å²) in [5.41, 5.74) is 7.06. The van der Waals surface area contributed by atoms with Crippen LogP contribution in [0.5, 0.6) is 0 Å². The molecule has 0 radical (unpaired) electrons. The van der Waals surface area contributed by atoms with Gasteiger partial charge in [-0.2, -0.15) is 0 Å². The van der Waals surface area contributed by atoms with Crippen molar-refractivity contribution in [2.24, 2.45) is 7.05 Å². The SMILES string of the molecule is C[n+]1ncsc1N. The molecule has 38 valence electrons. The second-order valence-electron chi connectivity index (χ2n) is 1.20. The van der Waals surface area contributed by atoms with Gasteiger partial charge in [0.1, 0.15) is 12.6 Å². The molecule has 0 aliphatic carbocycles. The van der Waals surface area contributed by atoms with Gasteiger partial charge in [0.2, 0.25) is 0 Å². The molecule has 0 atom stereocenters. The maximum atomic E-state index is 5.36. The Morgan fingerprint density at radius 1 is 2.00 bits per heavy atom. The van der Waals surface area contributed by atoms with Crippen LogP contribution in [-0.4, -0.2) is 5.10 Å². The quantitative estimate of drug-likeness (QED) is 0.466. The molecular weight excluding hydrogens is 110 g/mol. The Hall–Kier alpha value is -0.640. The number of hydrogen-bond acceptors (Lipinski definition) is 3. The summed E-state index contributed by atoms with van der Waals surface area (Å²) in [4.78, 5) is 0. The minimum Gasteiger partial charge on any atom is -0.276 e. The molecule has 0 bridgehead atoms. The van der Waals surface area contributed by atoms with Crippen LogP contribution in [0.2, 0.25) is 0 Å². The van der Waals surface area contributed by atoms with E-state index in [0.717, 1.165) is 5.13 Å². The van der Waals surface area contributed by atoms with Crippen LogP contribution in [0.4, 0.5) is 5.13 Å². The Morgan fingerprint density at radius 2 is 2.71 bits per heavy atom. The highest BCUT2D eigenvalue weighted by molar-refractivity contribution is 7.12. The Labute approximate surface area is 45.4 Å². The molecule has 0 spiro atoms. The van der Waals surface area contributed by atoms with E-state index in [1.807, 2.05) is 7.05 Å². The van der Waals surface area contributed by atoms with E-state index in [1.165, 1.54) is 11.3 Å². The molecule has 2 N–H and O–H groups in total. The fraction of sp³-hybridized carbons (Fsp3) is 0.333. The minimum absolute atomic E-state index is 0.736. The van der Waals surface area contributed by atoms with Crippen LogP contribution >= 0.6 is 11.3 Å². The third-order valence-electron chi connectivity index (χ3n) is 0.713. The summed E-state index contributed by atoms with van der Waals surface area (Å²) in [5.74, 6) is 0. The molecule has 0 saturated heterocycles. The van der Waals surface area contributed by atoms with Crippen molar-refractivity contribution >= 4 is 16.5 Å². The van der Waals surface area contributed by atoms with E-state index < -0.39 is 0 Å². The van der Waals surface area contributed by atoms with Crippen LogP contribution in [0.1, 0.15) is 0 Å². The molecule has 0 saturated carbocycles. The summed E-state index contributed by atoms with van der Waals surface area (Å²) >= 11 is 1.43.